The lowest BCUT2D eigenvalue weighted by Crippen LogP contribution is -2.46. The molecule has 7 nitrogen and oxygen atoms in total. The first-order valence-electron chi connectivity index (χ1n) is 7.45. The highest BCUT2D eigenvalue weighted by Gasteiger charge is 2.51. The fourth-order valence-electron chi connectivity index (χ4n) is 3.49. The van der Waals surface area contributed by atoms with Crippen LogP contribution in [0.4, 0.5) is 10.3 Å². The molecule has 2 aliphatic rings. The number of rotatable bonds is 2. The maximum absolute atomic E-state index is 13.0. The number of halogens is 1. The quantitative estimate of drug-likeness (QED) is 0.749. The second kappa shape index (κ2) is 5.70. The van der Waals surface area contributed by atoms with Crippen molar-refractivity contribution in [1.29, 1.82) is 0 Å². The summed E-state index contributed by atoms with van der Waals surface area (Å²) in [6.07, 6.45) is 2.46. The van der Waals surface area contributed by atoms with Crippen LogP contribution in [-0.2, 0) is 14.6 Å². The topological polar surface area (TPSA) is 83.5 Å². The number of sulfone groups is 1. The van der Waals surface area contributed by atoms with E-state index in [-0.39, 0.29) is 30.0 Å². The molecule has 2 saturated heterocycles. The number of hydrogen-bond acceptors (Lipinski definition) is 6. The molecule has 0 aliphatic carbocycles. The first-order chi connectivity index (χ1) is 10.8. The van der Waals surface area contributed by atoms with E-state index >= 15 is 0 Å². The fourth-order valence-corrected chi connectivity index (χ4v) is 5.59. The molecule has 3 atom stereocenters. The second-order valence-electron chi connectivity index (χ2n) is 6.30. The van der Waals surface area contributed by atoms with Crippen LogP contribution in [0.5, 0.6) is 0 Å². The molecule has 3 rings (SSSR count). The van der Waals surface area contributed by atoms with Crippen LogP contribution >= 0.6 is 0 Å². The number of hydrogen-bond donors (Lipinski definition) is 0. The first kappa shape index (κ1) is 16.1. The maximum atomic E-state index is 13.0. The number of amides is 1. The van der Waals surface area contributed by atoms with Gasteiger partial charge in [-0.1, -0.05) is 0 Å². The van der Waals surface area contributed by atoms with Gasteiger partial charge in [0.25, 0.3) is 0 Å². The van der Waals surface area contributed by atoms with Gasteiger partial charge in [0.05, 0.1) is 23.4 Å². The molecule has 0 aromatic carbocycles. The molecule has 23 heavy (non-hydrogen) atoms. The number of aromatic nitrogens is 2. The Balaban J connectivity index is 1.89. The Hall–Kier alpha value is -1.77. The average Bonchev–Trinajstić information content (AvgIpc) is 2.94. The molecule has 2 aliphatic heterocycles. The lowest BCUT2D eigenvalue weighted by Gasteiger charge is -2.33. The molecular formula is C14H19FN4O3S. The van der Waals surface area contributed by atoms with Crippen molar-refractivity contribution in [3.8, 4) is 0 Å². The van der Waals surface area contributed by atoms with Crippen LogP contribution in [0.25, 0.3) is 0 Å². The van der Waals surface area contributed by atoms with Gasteiger partial charge >= 0.3 is 0 Å². The summed E-state index contributed by atoms with van der Waals surface area (Å²) in [7, 11) is 0.110. The van der Waals surface area contributed by atoms with E-state index in [0.29, 0.717) is 18.9 Å². The van der Waals surface area contributed by atoms with Gasteiger partial charge in [-0.05, 0) is 6.42 Å². The van der Waals surface area contributed by atoms with Gasteiger partial charge in [-0.3, -0.25) is 4.79 Å². The summed E-state index contributed by atoms with van der Waals surface area (Å²) in [5.74, 6) is -0.861. The van der Waals surface area contributed by atoms with E-state index in [4.69, 9.17) is 0 Å². The molecule has 0 unspecified atom stereocenters. The van der Waals surface area contributed by atoms with Crippen molar-refractivity contribution < 1.29 is 17.6 Å². The third kappa shape index (κ3) is 2.89. The zero-order chi connectivity index (χ0) is 16.8. The van der Waals surface area contributed by atoms with Crippen LogP contribution < -0.4 is 4.90 Å². The minimum Gasteiger partial charge on any atom is -0.349 e. The third-order valence-corrected chi connectivity index (χ3v) is 6.87. The molecule has 1 aromatic heterocycles. The zero-order valence-corrected chi connectivity index (χ0v) is 13.8. The normalized spacial score (nSPS) is 29.2. The van der Waals surface area contributed by atoms with Gasteiger partial charge in [-0.15, -0.1) is 0 Å². The smallest absolute Gasteiger partial charge is 0.225 e. The molecule has 0 radical (unpaired) electrons. The minimum absolute atomic E-state index is 0.0243. The van der Waals surface area contributed by atoms with E-state index in [1.807, 2.05) is 0 Å². The van der Waals surface area contributed by atoms with Gasteiger partial charge in [0, 0.05) is 39.0 Å². The van der Waals surface area contributed by atoms with Crippen LogP contribution in [0, 0.1) is 17.7 Å². The highest BCUT2D eigenvalue weighted by Crippen LogP contribution is 2.38. The van der Waals surface area contributed by atoms with Crippen molar-refractivity contribution >= 4 is 21.7 Å². The van der Waals surface area contributed by atoms with Crippen LogP contribution in [0.15, 0.2) is 12.4 Å². The van der Waals surface area contributed by atoms with Gasteiger partial charge in [-0.2, -0.15) is 0 Å². The van der Waals surface area contributed by atoms with Gasteiger partial charge in [0.2, 0.25) is 11.9 Å². The zero-order valence-electron chi connectivity index (χ0n) is 13.0. The Morgan fingerprint density at radius 3 is 2.57 bits per heavy atom. The van der Waals surface area contributed by atoms with Crippen molar-refractivity contribution in [1.82, 2.24) is 14.9 Å². The Morgan fingerprint density at radius 2 is 1.96 bits per heavy atom. The molecule has 1 aromatic rings. The number of nitrogens with zero attached hydrogens (tertiary/aromatic N) is 4. The number of carbonyl (C=O) groups is 1. The lowest BCUT2D eigenvalue weighted by molar-refractivity contribution is -0.134. The molecule has 0 saturated carbocycles. The molecule has 0 bridgehead atoms. The second-order valence-corrected chi connectivity index (χ2v) is 8.64. The predicted molar refractivity (Wildman–Crippen MR) is 82.1 cm³/mol. The summed E-state index contributed by atoms with van der Waals surface area (Å²) in [6.45, 7) is 0.635. The molecule has 3 heterocycles. The van der Waals surface area contributed by atoms with E-state index in [2.05, 4.69) is 9.97 Å². The lowest BCUT2D eigenvalue weighted by atomic mass is 9.87. The van der Waals surface area contributed by atoms with Gasteiger partial charge in [-0.25, -0.2) is 22.8 Å². The van der Waals surface area contributed by atoms with Gasteiger partial charge in [0.15, 0.2) is 15.7 Å². The van der Waals surface area contributed by atoms with E-state index in [1.165, 1.54) is 4.90 Å². The summed E-state index contributed by atoms with van der Waals surface area (Å²) in [4.78, 5) is 23.5. The summed E-state index contributed by atoms with van der Waals surface area (Å²) >= 11 is 0. The third-order valence-electron chi connectivity index (χ3n) is 4.65. The SMILES string of the molecule is CN(C)C(=O)[C@H]1CCS(=O)(=O)[C@@H]2CN(c3ncc(F)cn3)C[C@H]12. The molecular weight excluding hydrogens is 323 g/mol. The van der Waals surface area contributed by atoms with Gasteiger partial charge in [0.1, 0.15) is 0 Å². The molecule has 9 heteroatoms. The molecule has 0 N–H and O–H groups in total. The molecule has 2 fully saturated rings. The molecule has 0 spiro atoms. The monoisotopic (exact) mass is 342 g/mol. The van der Waals surface area contributed by atoms with Gasteiger partial charge < -0.3 is 9.80 Å². The minimum atomic E-state index is -3.24. The number of fused-ring (bicyclic) bond motifs is 1. The van der Waals surface area contributed by atoms with Crippen LogP contribution in [0.3, 0.4) is 0 Å². The van der Waals surface area contributed by atoms with Crippen molar-refractivity contribution in [2.24, 2.45) is 11.8 Å². The Labute approximate surface area is 134 Å². The number of carbonyl (C=O) groups excluding carboxylic acids is 1. The summed E-state index contributed by atoms with van der Waals surface area (Å²) < 4.78 is 37.7. The average molecular weight is 342 g/mol. The van der Waals surface area contributed by atoms with Crippen molar-refractivity contribution in [2.45, 2.75) is 11.7 Å². The summed E-state index contributed by atoms with van der Waals surface area (Å²) in [6, 6.07) is 0. The van der Waals surface area contributed by atoms with Crippen molar-refractivity contribution in [3.05, 3.63) is 18.2 Å². The summed E-state index contributed by atoms with van der Waals surface area (Å²) in [5, 5.41) is -0.598. The van der Waals surface area contributed by atoms with E-state index < -0.39 is 20.9 Å². The molecule has 1 amide bonds. The van der Waals surface area contributed by atoms with Crippen molar-refractivity contribution in [3.63, 3.8) is 0 Å². The Bertz CT molecular complexity index is 707. The Kier molecular flexibility index (Phi) is 3.99. The number of anilines is 1. The van der Waals surface area contributed by atoms with E-state index in [1.54, 1.807) is 19.0 Å². The van der Waals surface area contributed by atoms with E-state index in [0.717, 1.165) is 12.4 Å². The van der Waals surface area contributed by atoms with Crippen LogP contribution in [-0.4, -0.2) is 67.4 Å². The summed E-state index contributed by atoms with van der Waals surface area (Å²) in [5.41, 5.74) is 0. The standard InChI is InChI=1S/C14H19FN4O3S/c1-18(2)13(20)10-3-4-23(21,22)12-8-19(7-11(10)12)14-16-5-9(15)6-17-14/h5-6,10-12H,3-4,7-8H2,1-2H3/t10-,11+,12+/m0/s1. The maximum Gasteiger partial charge on any atom is 0.225 e. The highest BCUT2D eigenvalue weighted by molar-refractivity contribution is 7.92. The Morgan fingerprint density at radius 1 is 1.30 bits per heavy atom. The van der Waals surface area contributed by atoms with Crippen LogP contribution in [0.1, 0.15) is 6.42 Å². The highest BCUT2D eigenvalue weighted by atomic mass is 32.2. The largest absolute Gasteiger partial charge is 0.349 e. The van der Waals surface area contributed by atoms with Crippen LogP contribution in [0.2, 0.25) is 0 Å². The fraction of sp³-hybridized carbons (Fsp3) is 0.643. The predicted octanol–water partition coefficient (Wildman–Crippen LogP) is -0.0566. The van der Waals surface area contributed by atoms with E-state index in [9.17, 15) is 17.6 Å². The first-order valence-corrected chi connectivity index (χ1v) is 9.16. The molecule has 126 valence electrons. The van der Waals surface area contributed by atoms with Crippen molar-refractivity contribution in [2.75, 3.05) is 37.8 Å².